The van der Waals surface area contributed by atoms with E-state index in [-0.39, 0.29) is 5.82 Å². The number of benzene rings is 1. The van der Waals surface area contributed by atoms with Gasteiger partial charge in [0.2, 0.25) is 0 Å². The molecule has 0 saturated carbocycles. The van der Waals surface area contributed by atoms with Gasteiger partial charge < -0.3 is 10.2 Å². The lowest BCUT2D eigenvalue weighted by atomic mass is 9.91. The van der Waals surface area contributed by atoms with Gasteiger partial charge in [-0.1, -0.05) is 6.92 Å². The molecule has 2 aliphatic heterocycles. The van der Waals surface area contributed by atoms with E-state index in [0.29, 0.717) is 5.92 Å². The van der Waals surface area contributed by atoms with Gasteiger partial charge in [-0.3, -0.25) is 0 Å². The zero-order valence-electron chi connectivity index (χ0n) is 13.6. The molecule has 4 rings (SSSR count). The predicted octanol–water partition coefficient (Wildman–Crippen LogP) is 3.18. The standard InChI is InChI=1S/C18H23FN4/c1-2-22-11-8-13(9-12-22)17-16-7-10-20-18(16)23(21-17)15-5-3-14(19)4-6-15/h3-6,13,20H,2,7-12H2,1H3. The molecule has 0 bridgehead atoms. The van der Waals surface area contributed by atoms with Crippen molar-refractivity contribution in [3.63, 3.8) is 0 Å². The Morgan fingerprint density at radius 3 is 2.65 bits per heavy atom. The summed E-state index contributed by atoms with van der Waals surface area (Å²) in [7, 11) is 0. The molecule has 4 nitrogen and oxygen atoms in total. The number of hydrogen-bond acceptors (Lipinski definition) is 3. The summed E-state index contributed by atoms with van der Waals surface area (Å²) in [5.41, 5.74) is 3.55. The maximum atomic E-state index is 13.2. The van der Waals surface area contributed by atoms with Crippen molar-refractivity contribution in [2.75, 3.05) is 31.5 Å². The molecule has 1 fully saturated rings. The molecule has 5 heteroatoms. The number of nitrogens with zero attached hydrogens (tertiary/aromatic N) is 3. The number of fused-ring (bicyclic) bond motifs is 1. The Balaban J connectivity index is 1.67. The number of rotatable bonds is 3. The minimum atomic E-state index is -0.210. The van der Waals surface area contributed by atoms with Crippen molar-refractivity contribution in [1.82, 2.24) is 14.7 Å². The number of nitrogens with one attached hydrogen (secondary N) is 1. The zero-order chi connectivity index (χ0) is 15.8. The van der Waals surface area contributed by atoms with Crippen LogP contribution in [0.25, 0.3) is 5.69 Å². The van der Waals surface area contributed by atoms with Crippen molar-refractivity contribution in [2.45, 2.75) is 32.1 Å². The van der Waals surface area contributed by atoms with E-state index < -0.39 is 0 Å². The predicted molar refractivity (Wildman–Crippen MR) is 89.8 cm³/mol. The van der Waals surface area contributed by atoms with E-state index in [1.165, 1.54) is 36.2 Å². The average molecular weight is 314 g/mol. The number of anilines is 1. The molecular weight excluding hydrogens is 291 g/mol. The van der Waals surface area contributed by atoms with Crippen molar-refractivity contribution < 1.29 is 4.39 Å². The van der Waals surface area contributed by atoms with Crippen LogP contribution in [0.4, 0.5) is 10.2 Å². The summed E-state index contributed by atoms with van der Waals surface area (Å²) in [6.07, 6.45) is 3.40. The third-order valence-corrected chi connectivity index (χ3v) is 5.17. The second-order valence-corrected chi connectivity index (χ2v) is 6.49. The van der Waals surface area contributed by atoms with Gasteiger partial charge in [-0.05, 0) is 63.2 Å². The van der Waals surface area contributed by atoms with Crippen LogP contribution < -0.4 is 5.32 Å². The van der Waals surface area contributed by atoms with Crippen LogP contribution in [0.3, 0.4) is 0 Å². The molecule has 1 aromatic heterocycles. The average Bonchev–Trinajstić information content (AvgIpc) is 3.18. The lowest BCUT2D eigenvalue weighted by Gasteiger charge is -2.30. The highest BCUT2D eigenvalue weighted by Gasteiger charge is 2.29. The first kappa shape index (κ1) is 14.7. The van der Waals surface area contributed by atoms with E-state index in [0.717, 1.165) is 44.1 Å². The molecule has 0 unspecified atom stereocenters. The quantitative estimate of drug-likeness (QED) is 0.944. The van der Waals surface area contributed by atoms with Gasteiger partial charge in [0.25, 0.3) is 0 Å². The van der Waals surface area contributed by atoms with E-state index in [4.69, 9.17) is 5.10 Å². The first-order valence-electron chi connectivity index (χ1n) is 8.60. The van der Waals surface area contributed by atoms with E-state index in [9.17, 15) is 4.39 Å². The molecule has 122 valence electrons. The molecule has 0 aliphatic carbocycles. The molecule has 23 heavy (non-hydrogen) atoms. The molecule has 2 aliphatic rings. The second-order valence-electron chi connectivity index (χ2n) is 6.49. The van der Waals surface area contributed by atoms with Crippen molar-refractivity contribution in [3.8, 4) is 5.69 Å². The van der Waals surface area contributed by atoms with Gasteiger partial charge in [-0.15, -0.1) is 0 Å². The third-order valence-electron chi connectivity index (χ3n) is 5.17. The van der Waals surface area contributed by atoms with E-state index >= 15 is 0 Å². The van der Waals surface area contributed by atoms with E-state index in [2.05, 4.69) is 17.1 Å². The summed E-state index contributed by atoms with van der Waals surface area (Å²) in [4.78, 5) is 2.51. The lowest BCUT2D eigenvalue weighted by Crippen LogP contribution is -2.33. The molecule has 1 aromatic carbocycles. The molecule has 0 radical (unpaired) electrons. The van der Waals surface area contributed by atoms with Gasteiger partial charge >= 0.3 is 0 Å². The third kappa shape index (κ3) is 2.63. The Hall–Kier alpha value is -1.88. The summed E-state index contributed by atoms with van der Waals surface area (Å²) >= 11 is 0. The summed E-state index contributed by atoms with van der Waals surface area (Å²) in [6, 6.07) is 6.59. The summed E-state index contributed by atoms with van der Waals surface area (Å²) in [5, 5.41) is 8.38. The summed E-state index contributed by atoms with van der Waals surface area (Å²) < 4.78 is 15.2. The topological polar surface area (TPSA) is 33.1 Å². The molecule has 0 spiro atoms. The Bertz CT molecular complexity index is 684. The highest BCUT2D eigenvalue weighted by Crippen LogP contribution is 2.36. The van der Waals surface area contributed by atoms with Crippen LogP contribution in [0.1, 0.15) is 36.9 Å². The monoisotopic (exact) mass is 314 g/mol. The number of hydrogen-bond donors (Lipinski definition) is 1. The molecule has 0 amide bonds. The van der Waals surface area contributed by atoms with Crippen LogP contribution in [0.2, 0.25) is 0 Å². The van der Waals surface area contributed by atoms with Crippen molar-refractivity contribution >= 4 is 5.82 Å². The first-order chi connectivity index (χ1) is 11.3. The van der Waals surface area contributed by atoms with Crippen LogP contribution in [-0.4, -0.2) is 40.9 Å². The number of likely N-dealkylation sites (tertiary alicyclic amines) is 1. The number of aromatic nitrogens is 2. The van der Waals surface area contributed by atoms with Gasteiger partial charge in [0, 0.05) is 18.0 Å². The summed E-state index contributed by atoms with van der Waals surface area (Å²) in [6.45, 7) is 6.65. The van der Waals surface area contributed by atoms with Gasteiger partial charge in [-0.25, -0.2) is 9.07 Å². The Kier molecular flexibility index (Phi) is 3.81. The van der Waals surface area contributed by atoms with E-state index in [1.54, 1.807) is 12.1 Å². The Labute approximate surface area is 136 Å². The molecule has 3 heterocycles. The van der Waals surface area contributed by atoms with Crippen LogP contribution in [0.15, 0.2) is 24.3 Å². The van der Waals surface area contributed by atoms with E-state index in [1.807, 2.05) is 4.68 Å². The maximum absolute atomic E-state index is 13.2. The molecular formula is C18H23FN4. The number of halogens is 1. The highest BCUT2D eigenvalue weighted by atomic mass is 19.1. The van der Waals surface area contributed by atoms with Crippen molar-refractivity contribution in [1.29, 1.82) is 0 Å². The summed E-state index contributed by atoms with van der Waals surface area (Å²) in [5.74, 6) is 1.44. The van der Waals surface area contributed by atoms with Gasteiger partial charge in [0.1, 0.15) is 11.6 Å². The van der Waals surface area contributed by atoms with Gasteiger partial charge in [0.05, 0.1) is 11.4 Å². The Morgan fingerprint density at radius 2 is 1.96 bits per heavy atom. The molecule has 0 atom stereocenters. The van der Waals surface area contributed by atoms with Gasteiger partial charge in [0.15, 0.2) is 0 Å². The van der Waals surface area contributed by atoms with Crippen molar-refractivity contribution in [2.24, 2.45) is 0 Å². The molecule has 2 aromatic rings. The first-order valence-corrected chi connectivity index (χ1v) is 8.60. The maximum Gasteiger partial charge on any atom is 0.133 e. The van der Waals surface area contributed by atoms with Crippen LogP contribution in [-0.2, 0) is 6.42 Å². The normalized spacial score (nSPS) is 18.9. The minimum absolute atomic E-state index is 0.210. The Morgan fingerprint density at radius 1 is 1.22 bits per heavy atom. The zero-order valence-corrected chi connectivity index (χ0v) is 13.6. The highest BCUT2D eigenvalue weighted by molar-refractivity contribution is 5.57. The molecule has 1 N–H and O–H groups in total. The van der Waals surface area contributed by atoms with Crippen LogP contribution in [0.5, 0.6) is 0 Å². The number of piperidine rings is 1. The fourth-order valence-electron chi connectivity index (χ4n) is 3.82. The van der Waals surface area contributed by atoms with Gasteiger partial charge in [-0.2, -0.15) is 5.10 Å². The molecule has 1 saturated heterocycles. The SMILES string of the molecule is CCN1CCC(c2nn(-c3ccc(F)cc3)c3c2CCN3)CC1. The van der Waals surface area contributed by atoms with Crippen LogP contribution in [0, 0.1) is 5.82 Å². The van der Waals surface area contributed by atoms with Crippen LogP contribution >= 0.6 is 0 Å². The second kappa shape index (κ2) is 5.96. The van der Waals surface area contributed by atoms with Crippen molar-refractivity contribution in [3.05, 3.63) is 41.3 Å². The lowest BCUT2D eigenvalue weighted by molar-refractivity contribution is 0.220. The fourth-order valence-corrected chi connectivity index (χ4v) is 3.82. The smallest absolute Gasteiger partial charge is 0.133 e. The minimum Gasteiger partial charge on any atom is -0.369 e. The largest absolute Gasteiger partial charge is 0.369 e. The fraction of sp³-hybridized carbons (Fsp3) is 0.500.